The second-order valence-corrected chi connectivity index (χ2v) is 13.9. The van der Waals surface area contributed by atoms with Crippen LogP contribution in [0.15, 0.2) is 24.3 Å². The summed E-state index contributed by atoms with van der Waals surface area (Å²) in [5, 5.41) is 19.0. The van der Waals surface area contributed by atoms with Gasteiger partial charge in [-0.15, -0.1) is 5.10 Å². The minimum absolute atomic E-state index is 0.00826. The first kappa shape index (κ1) is 27.6. The molecular weight excluding hydrogens is 562 g/mol. The van der Waals surface area contributed by atoms with Crippen LogP contribution in [0.25, 0.3) is 11.2 Å². The number of benzene rings is 1. The zero-order valence-corrected chi connectivity index (χ0v) is 23.0. The normalized spacial score (nSPS) is 25.0. The molecule has 1 aliphatic carbocycles. The Balaban J connectivity index is 1.36. The zero-order valence-electron chi connectivity index (χ0n) is 20.5. The number of aliphatic hydroxyl groups is 1. The van der Waals surface area contributed by atoms with E-state index in [9.17, 15) is 14.2 Å². The summed E-state index contributed by atoms with van der Waals surface area (Å²) in [4.78, 5) is 29.0. The molecule has 1 unspecified atom stereocenters. The summed E-state index contributed by atoms with van der Waals surface area (Å²) in [5.74, 6) is -0.585. The van der Waals surface area contributed by atoms with Crippen molar-refractivity contribution in [1.82, 2.24) is 25.0 Å². The molecule has 17 heteroatoms. The molecule has 1 aliphatic heterocycles. The van der Waals surface area contributed by atoms with E-state index in [0.717, 1.165) is 20.0 Å². The summed E-state index contributed by atoms with van der Waals surface area (Å²) in [6.45, 7) is -0.430. The Labute approximate surface area is 222 Å². The SMILES string of the molecule is COP(=O)(CP(=O)(O)O)OC[C@H]1O[C@@H](n2nnc3c(N(C)[C@@H]4CCc5ccccc54)nc(Cl)nc32)C[C@@H]1O. The number of ether oxygens (including phenoxy) is 1. The lowest BCUT2D eigenvalue weighted by Gasteiger charge is -2.26. The first-order valence-corrected chi connectivity index (χ1v) is 15.6. The largest absolute Gasteiger partial charge is 0.390 e. The number of nitrogens with zero attached hydrogens (tertiary/aromatic N) is 6. The molecule has 5 atom stereocenters. The molecule has 1 aromatic carbocycles. The van der Waals surface area contributed by atoms with Gasteiger partial charge in [0.2, 0.25) is 5.28 Å². The summed E-state index contributed by atoms with van der Waals surface area (Å²) in [6, 6.07) is 8.31. The second kappa shape index (κ2) is 10.5. The monoisotopic (exact) mass is 588 g/mol. The minimum Gasteiger partial charge on any atom is -0.390 e. The lowest BCUT2D eigenvalue weighted by atomic mass is 10.1. The van der Waals surface area contributed by atoms with Crippen molar-refractivity contribution in [3.05, 3.63) is 40.7 Å². The molecule has 1 saturated heterocycles. The molecule has 3 N–H and O–H groups in total. The third-order valence-corrected chi connectivity index (χ3v) is 10.9. The van der Waals surface area contributed by atoms with Crippen LogP contribution in [-0.2, 0) is 29.3 Å². The molecular formula is C21H27ClN6O8P2. The molecule has 2 aromatic heterocycles. The van der Waals surface area contributed by atoms with Gasteiger partial charge in [-0.2, -0.15) is 14.6 Å². The van der Waals surface area contributed by atoms with E-state index >= 15 is 0 Å². The summed E-state index contributed by atoms with van der Waals surface area (Å²) in [6.07, 6.45) is -0.932. The van der Waals surface area contributed by atoms with Crippen LogP contribution >= 0.6 is 26.8 Å². The van der Waals surface area contributed by atoms with Gasteiger partial charge in [0.1, 0.15) is 6.10 Å². The van der Waals surface area contributed by atoms with Crippen LogP contribution < -0.4 is 4.90 Å². The number of anilines is 1. The van der Waals surface area contributed by atoms with Crippen molar-refractivity contribution in [2.75, 3.05) is 31.6 Å². The quantitative estimate of drug-likeness (QED) is 0.245. The van der Waals surface area contributed by atoms with Crippen molar-refractivity contribution in [1.29, 1.82) is 0 Å². The Bertz CT molecular complexity index is 1440. The Morgan fingerprint density at radius 2 is 2.03 bits per heavy atom. The predicted molar refractivity (Wildman–Crippen MR) is 136 cm³/mol. The van der Waals surface area contributed by atoms with Crippen LogP contribution in [0.4, 0.5) is 5.82 Å². The molecule has 3 heterocycles. The van der Waals surface area contributed by atoms with Crippen molar-refractivity contribution in [3.63, 3.8) is 0 Å². The number of aromatic nitrogens is 5. The lowest BCUT2D eigenvalue weighted by Crippen LogP contribution is -2.26. The van der Waals surface area contributed by atoms with Crippen LogP contribution in [0.3, 0.4) is 0 Å². The smallest absolute Gasteiger partial charge is 0.342 e. The highest BCUT2D eigenvalue weighted by Gasteiger charge is 2.40. The predicted octanol–water partition coefficient (Wildman–Crippen LogP) is 2.64. The Morgan fingerprint density at radius 1 is 1.26 bits per heavy atom. The van der Waals surface area contributed by atoms with Crippen molar-refractivity contribution in [2.45, 2.75) is 43.7 Å². The first-order valence-electron chi connectivity index (χ1n) is 11.7. The highest BCUT2D eigenvalue weighted by molar-refractivity contribution is 7.70. The molecule has 2 aliphatic rings. The highest BCUT2D eigenvalue weighted by Crippen LogP contribution is 2.58. The molecule has 5 rings (SSSR count). The van der Waals surface area contributed by atoms with Gasteiger partial charge in [0.25, 0.3) is 0 Å². The molecule has 0 spiro atoms. The Kier molecular flexibility index (Phi) is 7.64. The maximum absolute atomic E-state index is 12.5. The molecule has 0 amide bonds. The number of hydrogen-bond donors (Lipinski definition) is 3. The van der Waals surface area contributed by atoms with E-state index in [4.69, 9.17) is 35.2 Å². The van der Waals surface area contributed by atoms with Crippen molar-refractivity contribution >= 4 is 43.8 Å². The summed E-state index contributed by atoms with van der Waals surface area (Å²) < 4.78 is 41.0. The first-order chi connectivity index (χ1) is 18.0. The number of fused-ring (bicyclic) bond motifs is 2. The average Bonchev–Trinajstić information content (AvgIpc) is 3.57. The van der Waals surface area contributed by atoms with E-state index in [0.29, 0.717) is 17.0 Å². The third-order valence-electron chi connectivity index (χ3n) is 6.73. The minimum atomic E-state index is -4.67. The van der Waals surface area contributed by atoms with E-state index in [-0.39, 0.29) is 17.7 Å². The van der Waals surface area contributed by atoms with Gasteiger partial charge < -0.3 is 33.6 Å². The molecule has 0 bridgehead atoms. The summed E-state index contributed by atoms with van der Waals surface area (Å²) in [5.41, 5.74) is 3.21. The van der Waals surface area contributed by atoms with Crippen LogP contribution in [0.5, 0.6) is 0 Å². The van der Waals surface area contributed by atoms with Crippen LogP contribution in [0.2, 0.25) is 5.28 Å². The van der Waals surface area contributed by atoms with E-state index in [1.807, 2.05) is 24.1 Å². The molecule has 206 valence electrons. The van der Waals surface area contributed by atoms with E-state index < -0.39 is 46.1 Å². The van der Waals surface area contributed by atoms with Gasteiger partial charge in [0, 0.05) is 20.6 Å². The van der Waals surface area contributed by atoms with Gasteiger partial charge in [-0.3, -0.25) is 9.13 Å². The van der Waals surface area contributed by atoms with Crippen molar-refractivity contribution < 1.29 is 37.8 Å². The molecule has 0 radical (unpaired) electrons. The molecule has 0 saturated carbocycles. The third kappa shape index (κ3) is 5.51. The Hall–Kier alpha value is -1.99. The molecule has 3 aromatic rings. The molecule has 1 fully saturated rings. The van der Waals surface area contributed by atoms with Gasteiger partial charge in [-0.25, -0.2) is 0 Å². The maximum Gasteiger partial charge on any atom is 0.342 e. The fraction of sp³-hybridized carbons (Fsp3) is 0.524. The number of halogens is 1. The molecule has 14 nitrogen and oxygen atoms in total. The van der Waals surface area contributed by atoms with Gasteiger partial charge in [-0.05, 0) is 35.6 Å². The number of aryl methyl sites for hydroxylation is 1. The van der Waals surface area contributed by atoms with Crippen molar-refractivity contribution in [2.24, 2.45) is 0 Å². The number of aliphatic hydroxyl groups excluding tert-OH is 1. The van der Waals surface area contributed by atoms with Gasteiger partial charge in [0.05, 0.1) is 18.8 Å². The van der Waals surface area contributed by atoms with Gasteiger partial charge >= 0.3 is 15.2 Å². The zero-order chi connectivity index (χ0) is 27.2. The van der Waals surface area contributed by atoms with E-state index in [2.05, 4.69) is 32.4 Å². The average molecular weight is 589 g/mol. The summed E-state index contributed by atoms with van der Waals surface area (Å²) in [7, 11) is -5.84. The maximum atomic E-state index is 12.5. The highest BCUT2D eigenvalue weighted by atomic mass is 35.5. The van der Waals surface area contributed by atoms with Crippen LogP contribution in [0.1, 0.15) is 36.2 Å². The van der Waals surface area contributed by atoms with Crippen LogP contribution in [-0.4, -0.2) is 78.7 Å². The van der Waals surface area contributed by atoms with Crippen LogP contribution in [0, 0.1) is 0 Å². The van der Waals surface area contributed by atoms with E-state index in [1.54, 1.807) is 0 Å². The lowest BCUT2D eigenvalue weighted by molar-refractivity contribution is -0.0444. The molecule has 38 heavy (non-hydrogen) atoms. The van der Waals surface area contributed by atoms with Gasteiger partial charge in [0.15, 0.2) is 29.1 Å². The Morgan fingerprint density at radius 3 is 2.76 bits per heavy atom. The number of hydrogen-bond acceptors (Lipinski definition) is 11. The second-order valence-electron chi connectivity index (χ2n) is 9.21. The van der Waals surface area contributed by atoms with E-state index in [1.165, 1.54) is 15.8 Å². The van der Waals surface area contributed by atoms with Gasteiger partial charge in [-0.1, -0.05) is 29.5 Å². The standard InChI is InChI=1S/C21H27ClN6O8P2/c1-27(14-8-7-12-5-3-4-6-13(12)14)19-18-20(24-21(22)23-19)28(26-25-18)17-9-15(29)16(36-17)10-35-38(33,34-2)11-37(30,31)32/h3-6,14-17,29H,7-11H2,1-2H3,(H2,30,31,32)/t14-,15+,16-,17-,38?/m1/s1. The topological polar surface area (TPSA) is 182 Å². The summed E-state index contributed by atoms with van der Waals surface area (Å²) >= 11 is 6.30. The van der Waals surface area contributed by atoms with Crippen molar-refractivity contribution in [3.8, 4) is 0 Å². The fourth-order valence-electron chi connectivity index (χ4n) is 4.89. The fourth-order valence-corrected chi connectivity index (χ4v) is 8.13. The number of rotatable bonds is 9.